The number of ether oxygens (including phenoxy) is 1. The molecule has 72 valence electrons. The topological polar surface area (TPSA) is 87.0 Å². The quantitative estimate of drug-likeness (QED) is 0.539. The van der Waals surface area contributed by atoms with Gasteiger partial charge in [0, 0.05) is 0 Å². The van der Waals surface area contributed by atoms with Gasteiger partial charge in [0.2, 0.25) is 0 Å². The minimum absolute atomic E-state index is 0.0718. The SMILES string of the molecule is O=P(O)(O)C[C@@H]1CC[C@@H](CO)O1. The number of hydrogen-bond donors (Lipinski definition) is 3. The summed E-state index contributed by atoms with van der Waals surface area (Å²) in [5.41, 5.74) is 0. The lowest BCUT2D eigenvalue weighted by Crippen LogP contribution is -2.17. The van der Waals surface area contributed by atoms with E-state index in [0.717, 1.165) is 0 Å². The summed E-state index contributed by atoms with van der Waals surface area (Å²) in [6, 6.07) is 0. The van der Waals surface area contributed by atoms with Crippen molar-refractivity contribution in [3.8, 4) is 0 Å². The zero-order valence-electron chi connectivity index (χ0n) is 6.59. The molecule has 1 heterocycles. The number of aliphatic hydroxyl groups excluding tert-OH is 1. The number of aliphatic hydroxyl groups is 1. The summed E-state index contributed by atoms with van der Waals surface area (Å²) in [7, 11) is -3.96. The van der Waals surface area contributed by atoms with Crippen LogP contribution in [0, 0.1) is 0 Å². The number of hydrogen-bond acceptors (Lipinski definition) is 3. The first-order valence-electron chi connectivity index (χ1n) is 3.82. The molecule has 0 aromatic rings. The Balaban J connectivity index is 2.33. The van der Waals surface area contributed by atoms with Gasteiger partial charge in [0.1, 0.15) is 0 Å². The molecule has 1 saturated heterocycles. The van der Waals surface area contributed by atoms with Gasteiger partial charge in [-0.3, -0.25) is 4.57 Å². The summed E-state index contributed by atoms with van der Waals surface area (Å²) in [6.07, 6.45) is 0.450. The first-order chi connectivity index (χ1) is 5.51. The fourth-order valence-corrected chi connectivity index (χ4v) is 2.11. The smallest absolute Gasteiger partial charge is 0.328 e. The van der Waals surface area contributed by atoms with E-state index in [1.807, 2.05) is 0 Å². The third-order valence-electron chi connectivity index (χ3n) is 1.84. The van der Waals surface area contributed by atoms with Crippen molar-refractivity contribution in [2.75, 3.05) is 12.8 Å². The summed E-state index contributed by atoms with van der Waals surface area (Å²) in [5, 5.41) is 8.66. The highest BCUT2D eigenvalue weighted by atomic mass is 31.2. The maximum atomic E-state index is 10.5. The predicted octanol–water partition coefficient (Wildman–Crippen LogP) is -0.296. The molecule has 0 radical (unpaired) electrons. The van der Waals surface area contributed by atoms with Crippen molar-refractivity contribution < 1.29 is 24.2 Å². The Morgan fingerprint density at radius 1 is 1.33 bits per heavy atom. The normalized spacial score (nSPS) is 30.9. The van der Waals surface area contributed by atoms with Crippen LogP contribution in [0.15, 0.2) is 0 Å². The zero-order valence-corrected chi connectivity index (χ0v) is 7.48. The second kappa shape index (κ2) is 3.85. The van der Waals surface area contributed by atoms with Gasteiger partial charge in [0.25, 0.3) is 0 Å². The maximum Gasteiger partial charge on any atom is 0.328 e. The average molecular weight is 196 g/mol. The van der Waals surface area contributed by atoms with Crippen molar-refractivity contribution in [2.45, 2.75) is 25.0 Å². The van der Waals surface area contributed by atoms with Gasteiger partial charge >= 0.3 is 7.60 Å². The Hall–Kier alpha value is 0.0700. The zero-order chi connectivity index (χ0) is 9.19. The second-order valence-corrected chi connectivity index (χ2v) is 4.68. The van der Waals surface area contributed by atoms with Gasteiger partial charge in [-0.05, 0) is 12.8 Å². The summed E-state index contributed by atoms with van der Waals surface area (Å²) in [4.78, 5) is 17.2. The Kier molecular flexibility index (Phi) is 3.26. The van der Waals surface area contributed by atoms with Crippen LogP contribution in [0.25, 0.3) is 0 Å². The van der Waals surface area contributed by atoms with Gasteiger partial charge in [-0.2, -0.15) is 0 Å². The molecular formula is C6H13O5P. The second-order valence-electron chi connectivity index (χ2n) is 2.99. The average Bonchev–Trinajstić information content (AvgIpc) is 2.32. The van der Waals surface area contributed by atoms with E-state index in [4.69, 9.17) is 19.6 Å². The highest BCUT2D eigenvalue weighted by Crippen LogP contribution is 2.38. The molecule has 5 nitrogen and oxygen atoms in total. The molecule has 3 N–H and O–H groups in total. The minimum Gasteiger partial charge on any atom is -0.394 e. The molecule has 1 aliphatic heterocycles. The first-order valence-corrected chi connectivity index (χ1v) is 5.62. The van der Waals surface area contributed by atoms with Gasteiger partial charge in [0.15, 0.2) is 0 Å². The van der Waals surface area contributed by atoms with Crippen molar-refractivity contribution in [3.63, 3.8) is 0 Å². The summed E-state index contributed by atoms with van der Waals surface area (Å²) in [6.45, 7) is -0.0718. The molecule has 1 rings (SSSR count). The fourth-order valence-electron chi connectivity index (χ4n) is 1.31. The summed E-state index contributed by atoms with van der Waals surface area (Å²) < 4.78 is 15.7. The molecule has 0 amide bonds. The molecule has 0 bridgehead atoms. The molecule has 1 aliphatic rings. The van der Waals surface area contributed by atoms with Crippen LogP contribution in [0.5, 0.6) is 0 Å². The van der Waals surface area contributed by atoms with Crippen LogP contribution in [0.3, 0.4) is 0 Å². The highest BCUT2D eigenvalue weighted by molar-refractivity contribution is 7.51. The van der Waals surface area contributed by atoms with Crippen LogP contribution in [0.4, 0.5) is 0 Å². The molecule has 6 heteroatoms. The van der Waals surface area contributed by atoms with E-state index in [2.05, 4.69) is 0 Å². The lowest BCUT2D eigenvalue weighted by Gasteiger charge is -2.12. The van der Waals surface area contributed by atoms with Gasteiger partial charge in [-0.15, -0.1) is 0 Å². The van der Waals surface area contributed by atoms with Gasteiger partial charge < -0.3 is 19.6 Å². The Bertz CT molecular complexity index is 188. The Morgan fingerprint density at radius 3 is 2.33 bits per heavy atom. The van der Waals surface area contributed by atoms with E-state index in [9.17, 15) is 4.57 Å². The minimum atomic E-state index is -3.96. The molecule has 0 aromatic heterocycles. The van der Waals surface area contributed by atoms with E-state index in [-0.39, 0.29) is 25.0 Å². The van der Waals surface area contributed by atoms with Gasteiger partial charge in [-0.25, -0.2) is 0 Å². The monoisotopic (exact) mass is 196 g/mol. The van der Waals surface area contributed by atoms with E-state index in [1.54, 1.807) is 0 Å². The number of rotatable bonds is 3. The van der Waals surface area contributed by atoms with Gasteiger partial charge in [0.05, 0.1) is 25.0 Å². The lowest BCUT2D eigenvalue weighted by molar-refractivity contribution is 0.0195. The third-order valence-corrected chi connectivity index (χ3v) is 2.72. The predicted molar refractivity (Wildman–Crippen MR) is 41.9 cm³/mol. The molecule has 12 heavy (non-hydrogen) atoms. The van der Waals surface area contributed by atoms with Crippen molar-refractivity contribution in [1.29, 1.82) is 0 Å². The maximum absolute atomic E-state index is 10.5. The standard InChI is InChI=1S/C6H13O5P/c7-3-5-1-2-6(11-5)4-12(8,9)10/h5-7H,1-4H2,(H2,8,9,10)/t5-,6-/m0/s1. The third kappa shape index (κ3) is 3.21. The van der Waals surface area contributed by atoms with Crippen LogP contribution >= 0.6 is 7.60 Å². The molecule has 0 aliphatic carbocycles. The van der Waals surface area contributed by atoms with Crippen molar-refractivity contribution in [2.24, 2.45) is 0 Å². The van der Waals surface area contributed by atoms with Crippen LogP contribution in [0.1, 0.15) is 12.8 Å². The molecule has 0 spiro atoms. The molecule has 0 aromatic carbocycles. The van der Waals surface area contributed by atoms with Crippen LogP contribution in [-0.2, 0) is 9.30 Å². The summed E-state index contributed by atoms with van der Waals surface area (Å²) in [5.74, 6) is 0. The molecule has 1 fully saturated rings. The van der Waals surface area contributed by atoms with Crippen LogP contribution in [0.2, 0.25) is 0 Å². The van der Waals surface area contributed by atoms with Crippen LogP contribution < -0.4 is 0 Å². The largest absolute Gasteiger partial charge is 0.394 e. The lowest BCUT2D eigenvalue weighted by atomic mass is 10.2. The van der Waals surface area contributed by atoms with E-state index in [1.165, 1.54) is 0 Å². The molecule has 0 saturated carbocycles. The fraction of sp³-hybridized carbons (Fsp3) is 1.00. The van der Waals surface area contributed by atoms with Gasteiger partial charge in [-0.1, -0.05) is 0 Å². The van der Waals surface area contributed by atoms with Crippen LogP contribution in [-0.4, -0.2) is 39.9 Å². The Morgan fingerprint density at radius 2 is 1.92 bits per heavy atom. The van der Waals surface area contributed by atoms with Crippen molar-refractivity contribution >= 4 is 7.60 Å². The molecule has 0 unspecified atom stereocenters. The van der Waals surface area contributed by atoms with E-state index >= 15 is 0 Å². The molecular weight excluding hydrogens is 183 g/mol. The molecule has 2 atom stereocenters. The highest BCUT2D eigenvalue weighted by Gasteiger charge is 2.30. The summed E-state index contributed by atoms with van der Waals surface area (Å²) >= 11 is 0. The van der Waals surface area contributed by atoms with Crippen molar-refractivity contribution in [1.82, 2.24) is 0 Å². The first kappa shape index (κ1) is 10.2. The Labute approximate surface area is 70.5 Å². The van der Waals surface area contributed by atoms with E-state index in [0.29, 0.717) is 12.8 Å². The van der Waals surface area contributed by atoms with E-state index < -0.39 is 7.60 Å². The van der Waals surface area contributed by atoms with Crippen molar-refractivity contribution in [3.05, 3.63) is 0 Å².